The number of carbonyl (C=O) groups excluding carboxylic acids is 2. The van der Waals surface area contributed by atoms with Crippen LogP contribution in [0, 0.1) is 5.92 Å². The monoisotopic (exact) mass is 397 g/mol. The Morgan fingerprint density at radius 1 is 1.38 bits per heavy atom. The number of thioether (sulfide) groups is 1. The molecule has 0 aliphatic rings. The largest absolute Gasteiger partial charge is 0.383 e. The Labute approximate surface area is 162 Å². The van der Waals surface area contributed by atoms with Crippen LogP contribution in [-0.2, 0) is 20.9 Å². The number of ether oxygens (including phenoxy) is 1. The summed E-state index contributed by atoms with van der Waals surface area (Å²) in [5.74, 6) is 0.00282. The summed E-state index contributed by atoms with van der Waals surface area (Å²) < 4.78 is 7.18. The third-order valence-corrected chi connectivity index (χ3v) is 5.16. The smallest absolute Gasteiger partial charge is 0.231 e. The van der Waals surface area contributed by atoms with Gasteiger partial charge in [0, 0.05) is 18.7 Å². The molecule has 6 nitrogen and oxygen atoms in total. The first-order chi connectivity index (χ1) is 12.3. The molecule has 1 amide bonds. The van der Waals surface area contributed by atoms with Gasteiger partial charge in [-0.15, -0.1) is 0 Å². The van der Waals surface area contributed by atoms with Crippen LogP contribution in [-0.4, -0.2) is 46.8 Å². The molecule has 0 spiro atoms. The number of carbonyl (C=O) groups is 2. The molecule has 0 aliphatic carbocycles. The van der Waals surface area contributed by atoms with Crippen molar-refractivity contribution in [2.45, 2.75) is 38.5 Å². The lowest BCUT2D eigenvalue weighted by atomic mass is 10.0. The Morgan fingerprint density at radius 2 is 2.12 bits per heavy atom. The summed E-state index contributed by atoms with van der Waals surface area (Å²) in [6.45, 7) is 6.47. The summed E-state index contributed by atoms with van der Waals surface area (Å²) in [7, 11) is 1.64. The topological polar surface area (TPSA) is 73.2 Å². The van der Waals surface area contributed by atoms with E-state index >= 15 is 0 Å². The zero-order valence-electron chi connectivity index (χ0n) is 15.4. The molecule has 1 aromatic carbocycles. The van der Waals surface area contributed by atoms with E-state index in [9.17, 15) is 9.59 Å². The summed E-state index contributed by atoms with van der Waals surface area (Å²) in [4.78, 5) is 28.5. The Balaban J connectivity index is 2.14. The van der Waals surface area contributed by atoms with E-state index < -0.39 is 6.04 Å². The highest BCUT2D eigenvalue weighted by atomic mass is 35.5. The molecule has 1 aromatic heterocycles. The molecule has 0 saturated carbocycles. The van der Waals surface area contributed by atoms with Gasteiger partial charge in [-0.1, -0.05) is 37.2 Å². The molecule has 8 heteroatoms. The minimum Gasteiger partial charge on any atom is -0.383 e. The van der Waals surface area contributed by atoms with E-state index in [2.05, 4.69) is 10.3 Å². The Morgan fingerprint density at radius 3 is 2.73 bits per heavy atom. The minimum absolute atomic E-state index is 0.0414. The molecule has 1 N–H and O–H groups in total. The molecule has 0 aliphatic heterocycles. The van der Waals surface area contributed by atoms with Crippen LogP contribution < -0.4 is 5.32 Å². The summed E-state index contributed by atoms with van der Waals surface area (Å²) in [5.41, 5.74) is 1.72. The molecule has 0 radical (unpaired) electrons. The van der Waals surface area contributed by atoms with Crippen LogP contribution >= 0.6 is 23.4 Å². The van der Waals surface area contributed by atoms with Crippen molar-refractivity contribution in [1.82, 2.24) is 14.9 Å². The van der Waals surface area contributed by atoms with Crippen molar-refractivity contribution in [2.24, 2.45) is 5.92 Å². The molecule has 0 saturated heterocycles. The summed E-state index contributed by atoms with van der Waals surface area (Å²) in [6, 6.07) is 5.06. The number of amides is 1. The summed E-state index contributed by atoms with van der Waals surface area (Å²) >= 11 is 7.38. The van der Waals surface area contributed by atoms with Gasteiger partial charge in [0.25, 0.3) is 0 Å². The first-order valence-electron chi connectivity index (χ1n) is 8.40. The average molecular weight is 398 g/mol. The second-order valence-electron chi connectivity index (χ2n) is 6.36. The molecular formula is C18H24ClN3O3S. The number of imidazole rings is 1. The molecule has 0 fully saturated rings. The number of nitrogens with zero attached hydrogens (tertiary/aromatic N) is 2. The van der Waals surface area contributed by atoms with E-state index in [0.29, 0.717) is 18.2 Å². The maximum Gasteiger partial charge on any atom is 0.231 e. The van der Waals surface area contributed by atoms with Crippen LogP contribution in [0.2, 0.25) is 5.02 Å². The zero-order chi connectivity index (χ0) is 19.3. The number of aromatic nitrogens is 2. The van der Waals surface area contributed by atoms with E-state index in [1.807, 2.05) is 30.5 Å². The van der Waals surface area contributed by atoms with Crippen LogP contribution in [0.4, 0.5) is 0 Å². The third kappa shape index (κ3) is 5.22. The maximum atomic E-state index is 12.3. The van der Waals surface area contributed by atoms with E-state index in [1.54, 1.807) is 13.2 Å². The van der Waals surface area contributed by atoms with Crippen LogP contribution in [0.15, 0.2) is 23.4 Å². The average Bonchev–Trinajstić information content (AvgIpc) is 2.91. The molecule has 0 bridgehead atoms. The van der Waals surface area contributed by atoms with Gasteiger partial charge in [0.2, 0.25) is 5.91 Å². The van der Waals surface area contributed by atoms with E-state index in [-0.39, 0.29) is 23.4 Å². The van der Waals surface area contributed by atoms with Crippen LogP contribution in [0.3, 0.4) is 0 Å². The van der Waals surface area contributed by atoms with Crippen molar-refractivity contribution in [3.05, 3.63) is 23.2 Å². The number of halogens is 1. The molecule has 1 heterocycles. The first kappa shape index (κ1) is 20.7. The van der Waals surface area contributed by atoms with Gasteiger partial charge >= 0.3 is 0 Å². The van der Waals surface area contributed by atoms with E-state index in [4.69, 9.17) is 16.3 Å². The Hall–Kier alpha value is -1.57. The number of ketones is 1. The second kappa shape index (κ2) is 9.39. The van der Waals surface area contributed by atoms with Gasteiger partial charge in [0.05, 0.1) is 29.4 Å². The lowest BCUT2D eigenvalue weighted by Crippen LogP contribution is -2.44. The summed E-state index contributed by atoms with van der Waals surface area (Å²) in [5, 5.41) is 4.14. The third-order valence-electron chi connectivity index (χ3n) is 3.95. The van der Waals surface area contributed by atoms with Crippen molar-refractivity contribution in [2.75, 3.05) is 19.5 Å². The molecule has 1 atom stereocenters. The lowest BCUT2D eigenvalue weighted by molar-refractivity contribution is -0.126. The Kier molecular flexibility index (Phi) is 7.49. The number of benzene rings is 1. The molecule has 26 heavy (non-hydrogen) atoms. The number of hydrogen-bond acceptors (Lipinski definition) is 5. The number of nitrogens with one attached hydrogen (secondary N) is 1. The molecule has 142 valence electrons. The number of fused-ring (bicyclic) bond motifs is 1. The minimum atomic E-state index is -0.464. The van der Waals surface area contributed by atoms with Crippen molar-refractivity contribution in [3.8, 4) is 0 Å². The first-order valence-corrected chi connectivity index (χ1v) is 9.77. The fourth-order valence-electron chi connectivity index (χ4n) is 2.67. The van der Waals surface area contributed by atoms with Crippen molar-refractivity contribution in [1.29, 1.82) is 0 Å². The zero-order valence-corrected chi connectivity index (χ0v) is 17.0. The predicted molar refractivity (Wildman–Crippen MR) is 105 cm³/mol. The highest BCUT2D eigenvalue weighted by Crippen LogP contribution is 2.26. The lowest BCUT2D eigenvalue weighted by Gasteiger charge is -2.19. The molecule has 2 aromatic rings. The highest BCUT2D eigenvalue weighted by Gasteiger charge is 2.21. The molecule has 0 unspecified atom stereocenters. The van der Waals surface area contributed by atoms with Gasteiger partial charge in [-0.2, -0.15) is 0 Å². The van der Waals surface area contributed by atoms with Gasteiger partial charge in [-0.3, -0.25) is 9.59 Å². The van der Waals surface area contributed by atoms with Gasteiger partial charge in [0.15, 0.2) is 10.9 Å². The fraction of sp³-hybridized carbons (Fsp3) is 0.500. The van der Waals surface area contributed by atoms with Crippen LogP contribution in [0.1, 0.15) is 20.8 Å². The van der Waals surface area contributed by atoms with Gasteiger partial charge < -0.3 is 14.6 Å². The quantitative estimate of drug-likeness (QED) is 0.658. The van der Waals surface area contributed by atoms with Crippen LogP contribution in [0.25, 0.3) is 11.0 Å². The fourth-order valence-corrected chi connectivity index (χ4v) is 3.69. The van der Waals surface area contributed by atoms with Gasteiger partial charge in [-0.05, 0) is 31.0 Å². The number of Topliss-reactive ketones (excluding diaryl/α,β-unsaturated/α-hetero) is 1. The SMILES string of the molecule is COCCn1c(SCC(=O)N[C@@H](C(C)=O)C(C)C)nc2cc(Cl)ccc21. The number of rotatable bonds is 9. The van der Waals surface area contributed by atoms with Crippen molar-refractivity contribution < 1.29 is 14.3 Å². The Bertz CT molecular complexity index is 791. The summed E-state index contributed by atoms with van der Waals surface area (Å²) in [6.07, 6.45) is 0. The van der Waals surface area contributed by atoms with E-state index in [0.717, 1.165) is 16.2 Å². The standard InChI is InChI=1S/C18H24ClN3O3S/c1-11(2)17(12(3)23)21-16(24)10-26-18-20-14-9-13(19)5-6-15(14)22(18)7-8-25-4/h5-6,9,11,17H,7-8,10H2,1-4H3,(H,21,24)/t17-/m1/s1. The van der Waals surface area contributed by atoms with Crippen molar-refractivity contribution >= 4 is 46.1 Å². The van der Waals surface area contributed by atoms with Crippen molar-refractivity contribution in [3.63, 3.8) is 0 Å². The maximum absolute atomic E-state index is 12.3. The normalized spacial score (nSPS) is 12.5. The van der Waals surface area contributed by atoms with Crippen LogP contribution in [0.5, 0.6) is 0 Å². The van der Waals surface area contributed by atoms with Gasteiger partial charge in [0.1, 0.15) is 0 Å². The van der Waals surface area contributed by atoms with Gasteiger partial charge in [-0.25, -0.2) is 4.98 Å². The highest BCUT2D eigenvalue weighted by molar-refractivity contribution is 7.99. The molecular weight excluding hydrogens is 374 g/mol. The number of hydrogen-bond donors (Lipinski definition) is 1. The predicted octanol–water partition coefficient (Wildman–Crippen LogP) is 3.16. The van der Waals surface area contributed by atoms with E-state index in [1.165, 1.54) is 18.7 Å². The number of methoxy groups -OCH3 is 1. The molecule has 2 rings (SSSR count). The second-order valence-corrected chi connectivity index (χ2v) is 7.74.